The summed E-state index contributed by atoms with van der Waals surface area (Å²) in [5.74, 6) is 2.30. The zero-order chi connectivity index (χ0) is 6.32. The quantitative estimate of drug-likeness (QED) is 0.596. The number of thioether (sulfide) groups is 1. The highest BCUT2D eigenvalue weighted by Gasteiger charge is 2.43. The van der Waals surface area contributed by atoms with Crippen LogP contribution < -0.4 is 5.32 Å². The molecule has 2 heteroatoms. The average molecular weight is 143 g/mol. The first-order chi connectivity index (χ1) is 4.31. The zero-order valence-electron chi connectivity index (χ0n) is 5.81. The van der Waals surface area contributed by atoms with Crippen molar-refractivity contribution < 1.29 is 0 Å². The van der Waals surface area contributed by atoms with E-state index < -0.39 is 0 Å². The normalized spacial score (nSPS) is 43.7. The van der Waals surface area contributed by atoms with Crippen LogP contribution in [0.3, 0.4) is 0 Å². The van der Waals surface area contributed by atoms with Crippen LogP contribution in [-0.2, 0) is 0 Å². The number of nitrogens with one attached hydrogen (secondary N) is 1. The first kappa shape index (κ1) is 6.05. The lowest BCUT2D eigenvalue weighted by atomic mass is 10.2. The summed E-state index contributed by atoms with van der Waals surface area (Å²) in [6.07, 6.45) is 2.91. The summed E-state index contributed by atoms with van der Waals surface area (Å²) in [6.45, 7) is 3.57. The van der Waals surface area contributed by atoms with Gasteiger partial charge in [0.2, 0.25) is 0 Å². The van der Waals surface area contributed by atoms with Gasteiger partial charge >= 0.3 is 0 Å². The molecule has 1 unspecified atom stereocenters. The van der Waals surface area contributed by atoms with Gasteiger partial charge in [-0.15, -0.1) is 11.8 Å². The van der Waals surface area contributed by atoms with Crippen molar-refractivity contribution in [1.82, 2.24) is 5.32 Å². The molecule has 1 aliphatic heterocycles. The highest BCUT2D eigenvalue weighted by Crippen LogP contribution is 2.47. The Bertz CT molecular complexity index is 114. The molecule has 1 N–H and O–H groups in total. The smallest absolute Gasteiger partial charge is 0.0645 e. The molecule has 1 nitrogen and oxygen atoms in total. The van der Waals surface area contributed by atoms with E-state index in [1.807, 2.05) is 0 Å². The molecule has 0 spiro atoms. The monoisotopic (exact) mass is 143 g/mol. The van der Waals surface area contributed by atoms with Crippen molar-refractivity contribution in [2.24, 2.45) is 5.92 Å². The fraction of sp³-hybridized carbons (Fsp3) is 1.00. The standard InChI is InChI=1S/C7H13NS/c1-7(6-2-3-6)8-4-5-9-7/h6,8H,2-5H2,1H3. The van der Waals surface area contributed by atoms with E-state index in [-0.39, 0.29) is 0 Å². The van der Waals surface area contributed by atoms with Gasteiger partial charge in [-0.3, -0.25) is 0 Å². The lowest BCUT2D eigenvalue weighted by molar-refractivity contribution is 0.486. The van der Waals surface area contributed by atoms with Crippen molar-refractivity contribution in [2.45, 2.75) is 24.6 Å². The van der Waals surface area contributed by atoms with Crippen molar-refractivity contribution in [3.8, 4) is 0 Å². The van der Waals surface area contributed by atoms with Crippen molar-refractivity contribution in [3.05, 3.63) is 0 Å². The van der Waals surface area contributed by atoms with Crippen LogP contribution in [0.25, 0.3) is 0 Å². The Kier molecular flexibility index (Phi) is 1.27. The van der Waals surface area contributed by atoms with E-state index >= 15 is 0 Å². The Morgan fingerprint density at radius 2 is 2.33 bits per heavy atom. The maximum Gasteiger partial charge on any atom is 0.0645 e. The fourth-order valence-electron chi connectivity index (χ4n) is 1.51. The minimum Gasteiger partial charge on any atom is -0.302 e. The van der Waals surface area contributed by atoms with Crippen LogP contribution in [0.2, 0.25) is 0 Å². The Morgan fingerprint density at radius 3 is 2.78 bits per heavy atom. The van der Waals surface area contributed by atoms with Gasteiger partial charge in [0, 0.05) is 12.3 Å². The topological polar surface area (TPSA) is 12.0 Å². The molecule has 0 radical (unpaired) electrons. The van der Waals surface area contributed by atoms with E-state index in [9.17, 15) is 0 Å². The molecule has 2 rings (SSSR count). The predicted octanol–water partition coefficient (Wildman–Crippen LogP) is 1.45. The van der Waals surface area contributed by atoms with E-state index in [1.54, 1.807) is 0 Å². The third-order valence-corrected chi connectivity index (χ3v) is 3.82. The third kappa shape index (κ3) is 0.987. The van der Waals surface area contributed by atoms with Crippen LogP contribution in [-0.4, -0.2) is 17.2 Å². The molecule has 2 fully saturated rings. The van der Waals surface area contributed by atoms with E-state index in [0.29, 0.717) is 4.87 Å². The van der Waals surface area contributed by atoms with Gasteiger partial charge in [0.15, 0.2) is 0 Å². The molecule has 2 aliphatic rings. The Hall–Kier alpha value is 0.310. The van der Waals surface area contributed by atoms with Gasteiger partial charge in [-0.25, -0.2) is 0 Å². The van der Waals surface area contributed by atoms with Gasteiger partial charge in [0.25, 0.3) is 0 Å². The number of hydrogen-bond donors (Lipinski definition) is 1. The Morgan fingerprint density at radius 1 is 1.56 bits per heavy atom. The van der Waals surface area contributed by atoms with Crippen LogP contribution >= 0.6 is 11.8 Å². The molecular weight excluding hydrogens is 130 g/mol. The van der Waals surface area contributed by atoms with Crippen molar-refractivity contribution in [2.75, 3.05) is 12.3 Å². The Labute approximate surface area is 60.6 Å². The summed E-state index contributed by atoms with van der Waals surface area (Å²) in [5.41, 5.74) is 0. The summed E-state index contributed by atoms with van der Waals surface area (Å²) in [5, 5.41) is 3.56. The van der Waals surface area contributed by atoms with Gasteiger partial charge in [0.05, 0.1) is 4.87 Å². The van der Waals surface area contributed by atoms with Crippen molar-refractivity contribution in [3.63, 3.8) is 0 Å². The largest absolute Gasteiger partial charge is 0.302 e. The summed E-state index contributed by atoms with van der Waals surface area (Å²) >= 11 is 2.10. The lowest BCUT2D eigenvalue weighted by Gasteiger charge is -2.22. The van der Waals surface area contributed by atoms with E-state index in [2.05, 4.69) is 24.0 Å². The highest BCUT2D eigenvalue weighted by molar-refractivity contribution is 8.00. The molecule has 1 heterocycles. The van der Waals surface area contributed by atoms with Crippen LogP contribution in [0.5, 0.6) is 0 Å². The zero-order valence-corrected chi connectivity index (χ0v) is 6.63. The molecule has 9 heavy (non-hydrogen) atoms. The van der Waals surface area contributed by atoms with Crippen LogP contribution in [0, 0.1) is 5.92 Å². The average Bonchev–Trinajstić information content (AvgIpc) is 2.60. The maximum atomic E-state index is 3.56. The molecule has 1 saturated carbocycles. The molecule has 1 atom stereocenters. The van der Waals surface area contributed by atoms with Gasteiger partial charge in [-0.05, 0) is 25.7 Å². The van der Waals surface area contributed by atoms with Crippen LogP contribution in [0.15, 0.2) is 0 Å². The molecule has 52 valence electrons. The Balaban J connectivity index is 2.02. The predicted molar refractivity (Wildman–Crippen MR) is 41.6 cm³/mol. The number of rotatable bonds is 1. The van der Waals surface area contributed by atoms with E-state index in [1.165, 1.54) is 25.1 Å². The summed E-state index contributed by atoms with van der Waals surface area (Å²) < 4.78 is 0. The molecule has 0 aromatic carbocycles. The molecule has 1 saturated heterocycles. The molecule has 0 amide bonds. The second-order valence-electron chi connectivity index (χ2n) is 3.16. The van der Waals surface area contributed by atoms with Crippen molar-refractivity contribution in [1.29, 1.82) is 0 Å². The van der Waals surface area contributed by atoms with Gasteiger partial charge in [-0.2, -0.15) is 0 Å². The first-order valence-electron chi connectivity index (χ1n) is 3.70. The fourth-order valence-corrected chi connectivity index (χ4v) is 2.81. The van der Waals surface area contributed by atoms with Crippen LogP contribution in [0.4, 0.5) is 0 Å². The number of hydrogen-bond acceptors (Lipinski definition) is 2. The highest BCUT2D eigenvalue weighted by atomic mass is 32.2. The summed E-state index contributed by atoms with van der Waals surface area (Å²) in [4.78, 5) is 0.472. The molecule has 0 aromatic rings. The third-order valence-electron chi connectivity index (χ3n) is 2.34. The minimum absolute atomic E-state index is 0.472. The van der Waals surface area contributed by atoms with Gasteiger partial charge in [-0.1, -0.05) is 0 Å². The molecular formula is C7H13NS. The van der Waals surface area contributed by atoms with Gasteiger partial charge in [0.1, 0.15) is 0 Å². The molecule has 1 aliphatic carbocycles. The minimum atomic E-state index is 0.472. The molecule has 0 bridgehead atoms. The first-order valence-corrected chi connectivity index (χ1v) is 4.69. The maximum absolute atomic E-state index is 3.56. The summed E-state index contributed by atoms with van der Waals surface area (Å²) in [7, 11) is 0. The molecule has 0 aromatic heterocycles. The second-order valence-corrected chi connectivity index (χ2v) is 4.70. The second kappa shape index (κ2) is 1.89. The SMILES string of the molecule is CC1(C2CC2)NCCS1. The van der Waals surface area contributed by atoms with Gasteiger partial charge < -0.3 is 5.32 Å². The lowest BCUT2D eigenvalue weighted by Crippen LogP contribution is -2.35. The van der Waals surface area contributed by atoms with E-state index in [4.69, 9.17) is 0 Å². The van der Waals surface area contributed by atoms with Crippen LogP contribution in [0.1, 0.15) is 19.8 Å². The summed E-state index contributed by atoms with van der Waals surface area (Å²) in [6, 6.07) is 0. The van der Waals surface area contributed by atoms with Crippen molar-refractivity contribution >= 4 is 11.8 Å². The van der Waals surface area contributed by atoms with E-state index in [0.717, 1.165) is 5.92 Å².